The van der Waals surface area contributed by atoms with Gasteiger partial charge in [0.1, 0.15) is 11.4 Å². The normalized spacial score (nSPS) is 11.6. The second-order valence-electron chi connectivity index (χ2n) is 5.02. The van der Waals surface area contributed by atoms with E-state index in [4.69, 9.17) is 9.84 Å². The van der Waals surface area contributed by atoms with Gasteiger partial charge in [-0.05, 0) is 31.0 Å². The fourth-order valence-electron chi connectivity index (χ4n) is 2.06. The molecule has 1 amide bonds. The van der Waals surface area contributed by atoms with Crippen molar-refractivity contribution in [3.63, 3.8) is 0 Å². The number of amides is 1. The number of benzene rings is 1. The maximum atomic E-state index is 12.1. The monoisotopic (exact) mass is 315 g/mol. The van der Waals surface area contributed by atoms with Gasteiger partial charge in [0.15, 0.2) is 5.69 Å². The summed E-state index contributed by atoms with van der Waals surface area (Å²) in [6.45, 7) is 1.87. The van der Waals surface area contributed by atoms with Gasteiger partial charge in [0.05, 0.1) is 19.5 Å². The number of ether oxygens (including phenoxy) is 1. The first-order chi connectivity index (χ1) is 11.0. The van der Waals surface area contributed by atoms with Gasteiger partial charge in [-0.15, -0.1) is 0 Å². The molecule has 1 heterocycles. The van der Waals surface area contributed by atoms with E-state index >= 15 is 0 Å². The van der Waals surface area contributed by atoms with E-state index < -0.39 is 11.9 Å². The van der Waals surface area contributed by atoms with Crippen molar-refractivity contribution >= 4 is 11.9 Å². The number of carbonyl (C=O) groups is 2. The van der Waals surface area contributed by atoms with Crippen LogP contribution in [0.3, 0.4) is 0 Å². The van der Waals surface area contributed by atoms with Gasteiger partial charge >= 0.3 is 5.97 Å². The minimum atomic E-state index is -1.18. The van der Waals surface area contributed by atoms with Gasteiger partial charge in [0.2, 0.25) is 0 Å². The Morgan fingerprint density at radius 2 is 1.96 bits per heavy atom. The molecule has 1 aromatic carbocycles. The molecule has 0 aliphatic carbocycles. The first kappa shape index (κ1) is 16.4. The van der Waals surface area contributed by atoms with Gasteiger partial charge < -0.3 is 15.2 Å². The Labute approximate surface area is 133 Å². The van der Waals surface area contributed by atoms with E-state index in [1.165, 1.54) is 0 Å². The highest BCUT2D eigenvalue weighted by Gasteiger charge is 2.13. The zero-order chi connectivity index (χ0) is 16.8. The summed E-state index contributed by atoms with van der Waals surface area (Å²) in [6, 6.07) is 7.47. The molecule has 1 atom stereocenters. The summed E-state index contributed by atoms with van der Waals surface area (Å²) < 4.78 is 5.16. The topological polar surface area (TPSA) is 101 Å². The van der Waals surface area contributed by atoms with E-state index in [1.807, 2.05) is 31.2 Å². The number of aromatic nitrogens is 2. The first-order valence-electron chi connectivity index (χ1n) is 6.98. The average Bonchev–Trinajstić information content (AvgIpc) is 2.54. The standard InChI is InChI=1S/C16H17N3O4/c1-10(6-11-4-3-5-12(7-11)23-2)19-15(20)13-8-18-14(9-17-13)16(21)22/h3-5,7-10H,6H2,1-2H3,(H,19,20)(H,21,22). The molecule has 23 heavy (non-hydrogen) atoms. The van der Waals surface area contributed by atoms with Gasteiger partial charge in [0, 0.05) is 6.04 Å². The molecule has 120 valence electrons. The van der Waals surface area contributed by atoms with Gasteiger partial charge in [-0.3, -0.25) is 4.79 Å². The lowest BCUT2D eigenvalue weighted by atomic mass is 10.1. The number of nitrogens with one attached hydrogen (secondary N) is 1. The molecule has 1 unspecified atom stereocenters. The first-order valence-corrected chi connectivity index (χ1v) is 6.98. The Kier molecular flexibility index (Phi) is 5.24. The number of methoxy groups -OCH3 is 1. The number of carbonyl (C=O) groups excluding carboxylic acids is 1. The number of nitrogens with zero attached hydrogens (tertiary/aromatic N) is 2. The van der Waals surface area contributed by atoms with Crippen LogP contribution in [0.15, 0.2) is 36.7 Å². The summed E-state index contributed by atoms with van der Waals surface area (Å²) in [5.41, 5.74) is 0.905. The van der Waals surface area contributed by atoms with Crippen molar-refractivity contribution in [1.82, 2.24) is 15.3 Å². The minimum Gasteiger partial charge on any atom is -0.497 e. The highest BCUT2D eigenvalue weighted by atomic mass is 16.5. The Morgan fingerprint density at radius 1 is 1.26 bits per heavy atom. The molecule has 7 nitrogen and oxygen atoms in total. The number of hydrogen-bond acceptors (Lipinski definition) is 5. The van der Waals surface area contributed by atoms with Crippen molar-refractivity contribution < 1.29 is 19.4 Å². The molecule has 2 aromatic rings. The maximum Gasteiger partial charge on any atom is 0.356 e. The fraction of sp³-hybridized carbons (Fsp3) is 0.250. The Balaban J connectivity index is 1.97. The van der Waals surface area contributed by atoms with E-state index in [0.29, 0.717) is 6.42 Å². The van der Waals surface area contributed by atoms with Crippen LogP contribution in [0.5, 0.6) is 5.75 Å². The zero-order valence-corrected chi connectivity index (χ0v) is 12.8. The van der Waals surface area contributed by atoms with E-state index in [9.17, 15) is 9.59 Å². The van der Waals surface area contributed by atoms with Crippen LogP contribution in [0.1, 0.15) is 33.5 Å². The van der Waals surface area contributed by atoms with Crippen LogP contribution in [0.2, 0.25) is 0 Å². The summed E-state index contributed by atoms with van der Waals surface area (Å²) in [6.07, 6.45) is 2.84. The number of carboxylic acids is 1. The lowest BCUT2D eigenvalue weighted by molar-refractivity contribution is 0.0689. The maximum absolute atomic E-state index is 12.1. The second-order valence-corrected chi connectivity index (χ2v) is 5.02. The predicted molar refractivity (Wildman–Crippen MR) is 82.6 cm³/mol. The number of carboxylic acid groups (broad SMARTS) is 1. The molecule has 0 bridgehead atoms. The molecule has 1 aromatic heterocycles. The van der Waals surface area contributed by atoms with Gasteiger partial charge in [-0.25, -0.2) is 14.8 Å². The van der Waals surface area contributed by atoms with Crippen molar-refractivity contribution in [3.8, 4) is 5.75 Å². The number of aromatic carboxylic acids is 1. The van der Waals surface area contributed by atoms with Crippen molar-refractivity contribution in [1.29, 1.82) is 0 Å². The average molecular weight is 315 g/mol. The lowest BCUT2D eigenvalue weighted by Crippen LogP contribution is -2.34. The zero-order valence-electron chi connectivity index (χ0n) is 12.8. The second kappa shape index (κ2) is 7.35. The largest absolute Gasteiger partial charge is 0.497 e. The van der Waals surface area contributed by atoms with E-state index in [1.54, 1.807) is 7.11 Å². The lowest BCUT2D eigenvalue weighted by Gasteiger charge is -2.14. The van der Waals surface area contributed by atoms with Crippen molar-refractivity contribution in [2.75, 3.05) is 7.11 Å². The third-order valence-electron chi connectivity index (χ3n) is 3.16. The Morgan fingerprint density at radius 3 is 2.57 bits per heavy atom. The molecule has 2 N–H and O–H groups in total. The van der Waals surface area contributed by atoms with Crippen LogP contribution in [0.25, 0.3) is 0 Å². The minimum absolute atomic E-state index is 0.0764. The van der Waals surface area contributed by atoms with Crippen molar-refractivity contribution in [3.05, 3.63) is 53.6 Å². The fourth-order valence-corrected chi connectivity index (χ4v) is 2.06. The SMILES string of the molecule is COc1cccc(CC(C)NC(=O)c2cnc(C(=O)O)cn2)c1. The third-order valence-corrected chi connectivity index (χ3v) is 3.16. The molecule has 0 aliphatic rings. The third kappa shape index (κ3) is 4.50. The molecule has 0 saturated heterocycles. The summed E-state index contributed by atoms with van der Waals surface area (Å²) in [4.78, 5) is 30.3. The Hall–Kier alpha value is -2.96. The summed E-state index contributed by atoms with van der Waals surface area (Å²) in [5, 5.41) is 11.6. The van der Waals surface area contributed by atoms with E-state index in [2.05, 4.69) is 15.3 Å². The molecule has 2 rings (SSSR count). The molecule has 0 aliphatic heterocycles. The smallest absolute Gasteiger partial charge is 0.356 e. The van der Waals surface area contributed by atoms with Crippen LogP contribution < -0.4 is 10.1 Å². The van der Waals surface area contributed by atoms with Crippen LogP contribution in [0.4, 0.5) is 0 Å². The number of hydrogen-bond donors (Lipinski definition) is 2. The molecular weight excluding hydrogens is 298 g/mol. The van der Waals surface area contributed by atoms with Crippen LogP contribution in [-0.4, -0.2) is 40.1 Å². The van der Waals surface area contributed by atoms with Gasteiger partial charge in [-0.2, -0.15) is 0 Å². The molecule has 0 radical (unpaired) electrons. The molecule has 0 spiro atoms. The number of rotatable bonds is 6. The van der Waals surface area contributed by atoms with Crippen molar-refractivity contribution in [2.24, 2.45) is 0 Å². The summed E-state index contributed by atoms with van der Waals surface area (Å²) in [5.74, 6) is -0.822. The summed E-state index contributed by atoms with van der Waals surface area (Å²) in [7, 11) is 1.60. The van der Waals surface area contributed by atoms with Crippen LogP contribution in [-0.2, 0) is 6.42 Å². The van der Waals surface area contributed by atoms with Gasteiger partial charge in [0.25, 0.3) is 5.91 Å². The quantitative estimate of drug-likeness (QED) is 0.838. The highest BCUT2D eigenvalue weighted by Crippen LogP contribution is 2.14. The predicted octanol–water partition coefficient (Wildman–Crippen LogP) is 1.54. The van der Waals surface area contributed by atoms with E-state index in [-0.39, 0.29) is 17.4 Å². The van der Waals surface area contributed by atoms with Crippen LogP contribution in [0, 0.1) is 0 Å². The Bertz CT molecular complexity index is 701. The summed E-state index contributed by atoms with van der Waals surface area (Å²) >= 11 is 0. The van der Waals surface area contributed by atoms with E-state index in [0.717, 1.165) is 23.7 Å². The molecule has 0 fully saturated rings. The van der Waals surface area contributed by atoms with Crippen LogP contribution >= 0.6 is 0 Å². The van der Waals surface area contributed by atoms with Crippen molar-refractivity contribution in [2.45, 2.75) is 19.4 Å². The van der Waals surface area contributed by atoms with Gasteiger partial charge in [-0.1, -0.05) is 12.1 Å². The molecule has 0 saturated carbocycles. The molecule has 7 heteroatoms. The molecular formula is C16H17N3O4. The highest BCUT2D eigenvalue weighted by molar-refractivity contribution is 5.92.